The lowest BCUT2D eigenvalue weighted by molar-refractivity contribution is 0.262. The summed E-state index contributed by atoms with van der Waals surface area (Å²) in [5, 5.41) is 4.51. The number of halogens is 1. The van der Waals surface area contributed by atoms with E-state index in [1.165, 1.54) is 0 Å². The second-order valence-electron chi connectivity index (χ2n) is 1.91. The molecule has 0 atom stereocenters. The van der Waals surface area contributed by atoms with E-state index in [0.29, 0.717) is 0 Å². The van der Waals surface area contributed by atoms with Crippen LogP contribution in [0, 0.1) is 0 Å². The van der Waals surface area contributed by atoms with Crippen LogP contribution in [-0.2, 0) is 0 Å². The van der Waals surface area contributed by atoms with Crippen LogP contribution in [0.1, 0.15) is 27.7 Å². The van der Waals surface area contributed by atoms with Gasteiger partial charge in [0.1, 0.15) is 0 Å². The first-order valence-electron chi connectivity index (χ1n) is 3.65. The van der Waals surface area contributed by atoms with Crippen molar-refractivity contribution in [3.05, 3.63) is 11.8 Å². The van der Waals surface area contributed by atoms with E-state index in [1.54, 1.807) is 6.20 Å². The highest BCUT2D eigenvalue weighted by atomic mass is 19.1. The van der Waals surface area contributed by atoms with Crippen LogP contribution in [0.15, 0.2) is 16.9 Å². The molecule has 11 heavy (non-hydrogen) atoms. The molecular weight excluding hydrogens is 143 g/mol. The van der Waals surface area contributed by atoms with E-state index in [4.69, 9.17) is 0 Å². The zero-order chi connectivity index (χ0) is 9.28. The molecule has 0 rings (SSSR count). The lowest BCUT2D eigenvalue weighted by Crippen LogP contribution is -2.06. The van der Waals surface area contributed by atoms with Gasteiger partial charge in [0.15, 0.2) is 6.80 Å². The standard InChI is InChI=1S/C6H11FN2.C2H6/c1-6(2)4-9(5-7)8-3;1-2/h4H,3,5H2,1-2H3;1-2H3. The fourth-order valence-corrected chi connectivity index (χ4v) is 0.411. The minimum atomic E-state index is -0.616. The largest absolute Gasteiger partial charge is 0.243 e. The molecule has 3 heteroatoms. The molecule has 0 saturated heterocycles. The number of hydrogen-bond donors (Lipinski definition) is 0. The van der Waals surface area contributed by atoms with Gasteiger partial charge in [0, 0.05) is 12.9 Å². The monoisotopic (exact) mass is 160 g/mol. The Labute approximate surface area is 68.4 Å². The summed E-state index contributed by atoms with van der Waals surface area (Å²) >= 11 is 0. The van der Waals surface area contributed by atoms with Crippen molar-refractivity contribution >= 4 is 6.72 Å². The second kappa shape index (κ2) is 9.14. The van der Waals surface area contributed by atoms with E-state index in [9.17, 15) is 4.39 Å². The molecule has 0 unspecified atom stereocenters. The van der Waals surface area contributed by atoms with Gasteiger partial charge in [-0.25, -0.2) is 9.40 Å². The van der Waals surface area contributed by atoms with Crippen molar-refractivity contribution < 1.29 is 4.39 Å². The molecule has 0 aliphatic carbocycles. The number of allylic oxidation sites excluding steroid dienone is 1. The summed E-state index contributed by atoms with van der Waals surface area (Å²) in [7, 11) is 0. The molecule has 66 valence electrons. The Hall–Kier alpha value is -0.860. The van der Waals surface area contributed by atoms with Crippen molar-refractivity contribution in [2.24, 2.45) is 5.10 Å². The third kappa shape index (κ3) is 9.14. The molecule has 0 aromatic rings. The molecule has 2 nitrogen and oxygen atoms in total. The maximum Gasteiger partial charge on any atom is 0.181 e. The van der Waals surface area contributed by atoms with E-state index in [0.717, 1.165) is 10.6 Å². The minimum Gasteiger partial charge on any atom is -0.243 e. The average Bonchev–Trinajstić information content (AvgIpc) is 2.03. The molecule has 0 aromatic carbocycles. The van der Waals surface area contributed by atoms with Gasteiger partial charge >= 0.3 is 0 Å². The Bertz CT molecular complexity index is 117. The molecule has 0 heterocycles. The van der Waals surface area contributed by atoms with Gasteiger partial charge in [0.2, 0.25) is 0 Å². The normalized spacial score (nSPS) is 7.36. The highest BCUT2D eigenvalue weighted by Gasteiger charge is 1.89. The molecule has 0 aliphatic heterocycles. The molecule has 0 radical (unpaired) electrons. The van der Waals surface area contributed by atoms with E-state index >= 15 is 0 Å². The molecule has 0 aliphatic rings. The molecular formula is C8H17FN2. The Morgan fingerprint density at radius 3 is 2.09 bits per heavy atom. The van der Waals surface area contributed by atoms with Gasteiger partial charge in [-0.1, -0.05) is 19.4 Å². The predicted molar refractivity (Wildman–Crippen MR) is 48.1 cm³/mol. The Morgan fingerprint density at radius 1 is 1.55 bits per heavy atom. The van der Waals surface area contributed by atoms with Crippen LogP contribution in [0.2, 0.25) is 0 Å². The van der Waals surface area contributed by atoms with Crippen LogP contribution in [0.3, 0.4) is 0 Å². The maximum atomic E-state index is 11.8. The fourth-order valence-electron chi connectivity index (χ4n) is 0.411. The van der Waals surface area contributed by atoms with Crippen LogP contribution in [0.25, 0.3) is 0 Å². The van der Waals surface area contributed by atoms with Crippen molar-refractivity contribution in [3.8, 4) is 0 Å². The van der Waals surface area contributed by atoms with Gasteiger partial charge in [0.25, 0.3) is 0 Å². The Balaban J connectivity index is 0. The predicted octanol–water partition coefficient (Wildman–Crippen LogP) is 2.78. The van der Waals surface area contributed by atoms with Crippen molar-refractivity contribution in [2.45, 2.75) is 27.7 Å². The summed E-state index contributed by atoms with van der Waals surface area (Å²) in [5.41, 5.74) is 1.00. The third-order valence-corrected chi connectivity index (χ3v) is 0.711. The molecule has 0 amide bonds. The van der Waals surface area contributed by atoms with Crippen molar-refractivity contribution in [1.82, 2.24) is 5.01 Å². The average molecular weight is 160 g/mol. The zero-order valence-electron chi connectivity index (χ0n) is 7.76. The first-order valence-corrected chi connectivity index (χ1v) is 3.65. The second-order valence-corrected chi connectivity index (χ2v) is 1.91. The van der Waals surface area contributed by atoms with Crippen molar-refractivity contribution in [3.63, 3.8) is 0 Å². The maximum absolute atomic E-state index is 11.8. The SMILES string of the molecule is C=NN(C=C(C)C)CF.CC. The van der Waals surface area contributed by atoms with Gasteiger partial charge in [-0.05, 0) is 13.8 Å². The summed E-state index contributed by atoms with van der Waals surface area (Å²) < 4.78 is 11.8. The number of nitrogens with zero attached hydrogens (tertiary/aromatic N) is 2. The summed E-state index contributed by atoms with van der Waals surface area (Å²) in [6.45, 7) is 10.3. The van der Waals surface area contributed by atoms with Crippen molar-refractivity contribution in [2.75, 3.05) is 6.80 Å². The lowest BCUT2D eigenvalue weighted by atomic mass is 10.4. The highest BCUT2D eigenvalue weighted by Crippen LogP contribution is 1.95. The van der Waals surface area contributed by atoms with Gasteiger partial charge in [0.05, 0.1) is 0 Å². The quantitative estimate of drug-likeness (QED) is 0.352. The topological polar surface area (TPSA) is 15.6 Å². The van der Waals surface area contributed by atoms with Gasteiger partial charge in [-0.2, -0.15) is 5.10 Å². The highest BCUT2D eigenvalue weighted by molar-refractivity contribution is 5.22. The smallest absolute Gasteiger partial charge is 0.181 e. The first kappa shape index (κ1) is 12.8. The Kier molecular flexibility index (Phi) is 10.6. The van der Waals surface area contributed by atoms with Gasteiger partial charge in [-0.15, -0.1) is 0 Å². The van der Waals surface area contributed by atoms with Crippen molar-refractivity contribution in [1.29, 1.82) is 0 Å². The number of alkyl halides is 1. The summed E-state index contributed by atoms with van der Waals surface area (Å²) in [6.07, 6.45) is 1.59. The fraction of sp³-hybridized carbons (Fsp3) is 0.625. The molecule has 0 spiro atoms. The van der Waals surface area contributed by atoms with Crippen LogP contribution < -0.4 is 0 Å². The third-order valence-electron chi connectivity index (χ3n) is 0.711. The van der Waals surface area contributed by atoms with E-state index in [-0.39, 0.29) is 0 Å². The molecule has 0 aromatic heterocycles. The van der Waals surface area contributed by atoms with Crippen LogP contribution in [-0.4, -0.2) is 18.5 Å². The number of rotatable bonds is 3. The van der Waals surface area contributed by atoms with Crippen LogP contribution in [0.4, 0.5) is 4.39 Å². The van der Waals surface area contributed by atoms with Crippen LogP contribution in [0.5, 0.6) is 0 Å². The van der Waals surface area contributed by atoms with E-state index < -0.39 is 6.80 Å². The first-order chi connectivity index (χ1) is 5.20. The summed E-state index contributed by atoms with van der Waals surface area (Å²) in [6, 6.07) is 0. The molecule has 0 saturated carbocycles. The summed E-state index contributed by atoms with van der Waals surface area (Å²) in [5.74, 6) is 0. The number of hydrogen-bond acceptors (Lipinski definition) is 2. The Morgan fingerprint density at radius 2 is 2.00 bits per heavy atom. The van der Waals surface area contributed by atoms with E-state index in [2.05, 4.69) is 11.8 Å². The van der Waals surface area contributed by atoms with Gasteiger partial charge in [-0.3, -0.25) is 0 Å². The minimum absolute atomic E-state index is 0.616. The van der Waals surface area contributed by atoms with Crippen LogP contribution >= 0.6 is 0 Å². The number of hydrazone groups is 1. The summed E-state index contributed by atoms with van der Waals surface area (Å²) in [4.78, 5) is 0. The molecule has 0 bridgehead atoms. The van der Waals surface area contributed by atoms with Gasteiger partial charge < -0.3 is 0 Å². The molecule has 0 fully saturated rings. The van der Waals surface area contributed by atoms with E-state index in [1.807, 2.05) is 27.7 Å². The molecule has 0 N–H and O–H groups in total. The lowest BCUT2D eigenvalue weighted by Gasteiger charge is -2.06. The zero-order valence-corrected chi connectivity index (χ0v) is 7.76.